The molecular formula is C46H48N12O5. The second kappa shape index (κ2) is 20.5. The molecule has 1 aliphatic heterocycles. The van der Waals surface area contributed by atoms with Gasteiger partial charge in [-0.15, -0.1) is 0 Å². The van der Waals surface area contributed by atoms with Crippen molar-refractivity contribution < 1.29 is 23.9 Å². The molecule has 8 rings (SSSR count). The maximum Gasteiger partial charge on any atom is 0.324 e. The van der Waals surface area contributed by atoms with Gasteiger partial charge in [-0.3, -0.25) is 30.5 Å². The molecule has 0 saturated carbocycles. The first-order valence-corrected chi connectivity index (χ1v) is 20.2. The van der Waals surface area contributed by atoms with Crippen molar-refractivity contribution in [2.24, 2.45) is 0 Å². The number of aromatic amines is 1. The second-order valence-electron chi connectivity index (χ2n) is 15.3. The van der Waals surface area contributed by atoms with E-state index < -0.39 is 6.03 Å². The fourth-order valence-electron chi connectivity index (χ4n) is 6.18. The van der Waals surface area contributed by atoms with E-state index in [1.165, 1.54) is 0 Å². The molecule has 0 spiro atoms. The Labute approximate surface area is 364 Å². The standard InChI is InChI=1S/C27H27N7O3.C19H21N5O2/c35-26(33-17-15-29-16-18-33)19-20-1-5-22(6-2-20)34-25(11-14-30-34)32-27(36)31-21-3-7-23(8-4-21)37-24-9-12-28-13-10-24;1-19(2,3)16-12-17(24-23-16)22-18(25)21-13-4-6-14(7-5-13)26-15-8-10-20-11-9-15/h1-14,29H,15-19H2,(H2,31,32,36);4-12H,1-3H3,(H3,21,22,23,24,25). The number of rotatable bonds is 11. The molecule has 322 valence electrons. The van der Waals surface area contributed by atoms with E-state index >= 15 is 0 Å². The second-order valence-corrected chi connectivity index (χ2v) is 15.3. The summed E-state index contributed by atoms with van der Waals surface area (Å²) >= 11 is 0. The molecular weight excluding hydrogens is 801 g/mol. The molecule has 0 aliphatic carbocycles. The summed E-state index contributed by atoms with van der Waals surface area (Å²) in [6, 6.07) is 31.6. The topological polar surface area (TPSA) is 205 Å². The summed E-state index contributed by atoms with van der Waals surface area (Å²) in [7, 11) is 0. The Hall–Kier alpha value is -8.05. The van der Waals surface area contributed by atoms with Gasteiger partial charge in [-0.05, 0) is 90.5 Å². The van der Waals surface area contributed by atoms with Crippen molar-refractivity contribution in [2.45, 2.75) is 32.6 Å². The van der Waals surface area contributed by atoms with E-state index in [9.17, 15) is 14.4 Å². The van der Waals surface area contributed by atoms with Crippen LogP contribution in [0.1, 0.15) is 32.0 Å². The van der Waals surface area contributed by atoms with Gasteiger partial charge in [0, 0.05) is 85.6 Å². The van der Waals surface area contributed by atoms with E-state index in [-0.39, 0.29) is 17.4 Å². The highest BCUT2D eigenvalue weighted by atomic mass is 16.5. The summed E-state index contributed by atoms with van der Waals surface area (Å²) in [5, 5.41) is 25.7. The highest BCUT2D eigenvalue weighted by Crippen LogP contribution is 2.25. The molecule has 5 heterocycles. The van der Waals surface area contributed by atoms with Crippen LogP contribution in [-0.2, 0) is 16.6 Å². The van der Waals surface area contributed by atoms with Gasteiger partial charge in [-0.1, -0.05) is 32.9 Å². The molecule has 7 aromatic rings. The number of urea groups is 2. The van der Waals surface area contributed by atoms with Crippen LogP contribution in [0.15, 0.2) is 140 Å². The molecule has 63 heavy (non-hydrogen) atoms. The normalized spacial score (nSPS) is 12.3. The van der Waals surface area contributed by atoms with Crippen molar-refractivity contribution in [2.75, 3.05) is 47.4 Å². The minimum absolute atomic E-state index is 0.0615. The predicted molar refractivity (Wildman–Crippen MR) is 241 cm³/mol. The summed E-state index contributed by atoms with van der Waals surface area (Å²) in [4.78, 5) is 47.0. The number of pyridine rings is 2. The summed E-state index contributed by atoms with van der Waals surface area (Å²) < 4.78 is 13.1. The zero-order valence-electron chi connectivity index (χ0n) is 35.0. The van der Waals surface area contributed by atoms with Crippen molar-refractivity contribution in [3.05, 3.63) is 151 Å². The van der Waals surface area contributed by atoms with Crippen molar-refractivity contribution in [1.29, 1.82) is 0 Å². The number of carbonyl (C=O) groups is 3. The molecule has 6 N–H and O–H groups in total. The van der Waals surface area contributed by atoms with E-state index in [4.69, 9.17) is 9.47 Å². The molecule has 5 amide bonds. The average Bonchev–Trinajstić information content (AvgIpc) is 3.97. The number of hydrogen-bond donors (Lipinski definition) is 6. The molecule has 0 bridgehead atoms. The van der Waals surface area contributed by atoms with Gasteiger partial charge in [0.05, 0.1) is 18.3 Å². The number of ether oxygens (including phenoxy) is 2. The average molecular weight is 849 g/mol. The number of piperazine rings is 1. The van der Waals surface area contributed by atoms with Gasteiger partial charge in [0.25, 0.3) is 0 Å². The Morgan fingerprint density at radius 3 is 1.68 bits per heavy atom. The lowest BCUT2D eigenvalue weighted by atomic mass is 9.92. The first-order valence-electron chi connectivity index (χ1n) is 20.2. The number of aromatic nitrogens is 6. The monoisotopic (exact) mass is 848 g/mol. The van der Waals surface area contributed by atoms with Gasteiger partial charge in [0.1, 0.15) is 28.8 Å². The zero-order valence-corrected chi connectivity index (χ0v) is 35.0. The quantitative estimate of drug-likeness (QED) is 0.0736. The lowest BCUT2D eigenvalue weighted by molar-refractivity contribution is -0.131. The van der Waals surface area contributed by atoms with Crippen LogP contribution in [-0.4, -0.2) is 79.0 Å². The number of H-pyrrole nitrogens is 1. The van der Waals surface area contributed by atoms with E-state index in [0.29, 0.717) is 52.4 Å². The maximum absolute atomic E-state index is 12.6. The lowest BCUT2D eigenvalue weighted by Crippen LogP contribution is -2.46. The van der Waals surface area contributed by atoms with Crippen molar-refractivity contribution in [3.8, 4) is 28.7 Å². The largest absolute Gasteiger partial charge is 0.457 e. The van der Waals surface area contributed by atoms with Gasteiger partial charge < -0.3 is 30.3 Å². The minimum Gasteiger partial charge on any atom is -0.457 e. The van der Waals surface area contributed by atoms with Gasteiger partial charge in [-0.2, -0.15) is 10.2 Å². The predicted octanol–water partition coefficient (Wildman–Crippen LogP) is 8.22. The molecule has 0 atom stereocenters. The minimum atomic E-state index is -0.400. The van der Waals surface area contributed by atoms with Gasteiger partial charge in [-0.25, -0.2) is 14.3 Å². The number of anilines is 4. The number of nitrogens with one attached hydrogen (secondary N) is 6. The Morgan fingerprint density at radius 2 is 1.16 bits per heavy atom. The third kappa shape index (κ3) is 12.7. The number of hydrogen-bond acceptors (Lipinski definition) is 10. The number of amides is 5. The Kier molecular flexibility index (Phi) is 14.0. The number of benzene rings is 3. The first kappa shape index (κ1) is 43.1. The van der Waals surface area contributed by atoms with Gasteiger partial charge in [0.2, 0.25) is 5.91 Å². The van der Waals surface area contributed by atoms with E-state index in [1.807, 2.05) is 35.2 Å². The SMILES string of the molecule is CC(C)(C)c1cc(NC(=O)Nc2ccc(Oc3ccncc3)cc2)n[nH]1.O=C(Nc1ccc(Oc2ccncc2)cc1)Nc1ccnn1-c1ccc(CC(=O)N2CCNCC2)cc1. The molecule has 1 saturated heterocycles. The molecule has 17 nitrogen and oxygen atoms in total. The van der Waals surface area contributed by atoms with Crippen LogP contribution in [0.4, 0.5) is 32.6 Å². The fraction of sp³-hybridized carbons (Fsp3) is 0.196. The Morgan fingerprint density at radius 1 is 0.635 bits per heavy atom. The molecule has 3 aromatic carbocycles. The third-order valence-electron chi connectivity index (χ3n) is 9.51. The van der Waals surface area contributed by atoms with Crippen molar-refractivity contribution in [3.63, 3.8) is 0 Å². The van der Waals surface area contributed by atoms with Gasteiger partial charge >= 0.3 is 12.1 Å². The fourth-order valence-corrected chi connectivity index (χ4v) is 6.18. The van der Waals surface area contributed by atoms with E-state index in [1.54, 1.807) is 115 Å². The smallest absolute Gasteiger partial charge is 0.324 e. The van der Waals surface area contributed by atoms with Crippen LogP contribution < -0.4 is 36.1 Å². The van der Waals surface area contributed by atoms with E-state index in [2.05, 4.69) is 72.6 Å². The van der Waals surface area contributed by atoms with E-state index in [0.717, 1.165) is 43.1 Å². The summed E-state index contributed by atoms with van der Waals surface area (Å²) in [5.41, 5.74) is 3.86. The Balaban J connectivity index is 0.000000201. The highest BCUT2D eigenvalue weighted by Gasteiger charge is 2.18. The van der Waals surface area contributed by atoms with Crippen LogP contribution in [0, 0.1) is 0 Å². The molecule has 1 fully saturated rings. The maximum atomic E-state index is 12.6. The van der Waals surface area contributed by atoms with Gasteiger partial charge in [0.15, 0.2) is 5.82 Å². The first-order chi connectivity index (χ1) is 30.5. The highest BCUT2D eigenvalue weighted by molar-refractivity contribution is 6.00. The Bertz CT molecular complexity index is 2550. The summed E-state index contributed by atoms with van der Waals surface area (Å²) in [5.74, 6) is 3.82. The number of carbonyl (C=O) groups excluding carboxylic acids is 3. The molecule has 0 unspecified atom stereocenters. The molecule has 1 aliphatic rings. The van der Waals surface area contributed by atoms with Crippen LogP contribution in [0.2, 0.25) is 0 Å². The lowest BCUT2D eigenvalue weighted by Gasteiger charge is -2.27. The summed E-state index contributed by atoms with van der Waals surface area (Å²) in [6.45, 7) is 9.36. The van der Waals surface area contributed by atoms with Crippen molar-refractivity contribution >= 4 is 41.0 Å². The van der Waals surface area contributed by atoms with Crippen LogP contribution in [0.3, 0.4) is 0 Å². The van der Waals surface area contributed by atoms with Crippen LogP contribution in [0.5, 0.6) is 23.0 Å². The zero-order chi connectivity index (χ0) is 44.0. The molecule has 0 radical (unpaired) electrons. The van der Waals surface area contributed by atoms with Crippen LogP contribution in [0.25, 0.3) is 5.69 Å². The third-order valence-corrected chi connectivity index (χ3v) is 9.51. The molecule has 17 heteroatoms. The van der Waals surface area contributed by atoms with Crippen LogP contribution >= 0.6 is 0 Å². The van der Waals surface area contributed by atoms with Crippen molar-refractivity contribution in [1.82, 2.24) is 40.2 Å². The molecule has 4 aromatic heterocycles. The number of nitrogens with zero attached hydrogens (tertiary/aromatic N) is 6. The summed E-state index contributed by atoms with van der Waals surface area (Å²) in [6.07, 6.45) is 8.61.